The number of aromatic nitrogens is 1. The zero-order valence-electron chi connectivity index (χ0n) is 25.0. The number of carbonyl (C=O) groups is 1. The number of carbonyl (C=O) groups excluding carboxylic acids is 1. The summed E-state index contributed by atoms with van der Waals surface area (Å²) in [5, 5.41) is 9.04. The Kier molecular flexibility index (Phi) is 10.5. The normalized spacial score (nSPS) is 14.5. The zero-order chi connectivity index (χ0) is 32.2. The van der Waals surface area contributed by atoms with Crippen molar-refractivity contribution in [3.63, 3.8) is 0 Å². The Bertz CT molecular complexity index is 2000. The summed E-state index contributed by atoms with van der Waals surface area (Å²) in [5.41, 5.74) is 3.62. The number of hydrogen-bond acceptors (Lipinski definition) is 8. The van der Waals surface area contributed by atoms with Gasteiger partial charge >= 0.3 is 5.97 Å². The van der Waals surface area contributed by atoms with E-state index in [0.717, 1.165) is 24.0 Å². The van der Waals surface area contributed by atoms with E-state index in [1.165, 1.54) is 11.3 Å². The molecule has 230 valence electrons. The van der Waals surface area contributed by atoms with Crippen LogP contribution < -0.4 is 24.4 Å². The lowest BCUT2D eigenvalue weighted by Gasteiger charge is -2.26. The molecular formula is C34H29I2N3O5S. The fraction of sp³-hybridized carbons (Fsp3) is 0.235. The maximum absolute atomic E-state index is 14.1. The minimum Gasteiger partial charge on any atom is -0.491 e. The summed E-state index contributed by atoms with van der Waals surface area (Å²) >= 11 is 5.74. The van der Waals surface area contributed by atoms with E-state index in [-0.39, 0.29) is 18.3 Å². The first-order valence-electron chi connectivity index (χ1n) is 14.2. The van der Waals surface area contributed by atoms with Gasteiger partial charge in [-0.15, -0.1) is 0 Å². The standard InChI is InChI=1S/C34H29I2N3O5S/c1-5-42-33(41)29-20(4)38-34-39(30(29)24-8-6-7-9-27(24)44-19(2)3)32(40)28(45-34)16-23-14-25(35)31(26(36)15-23)43-18-22-12-10-21(17-37)11-13-22/h6-16,19,30H,5,18H2,1-4H3/b28-16-/t30-/m1/s1. The van der Waals surface area contributed by atoms with Crippen LogP contribution in [-0.4, -0.2) is 23.2 Å². The summed E-state index contributed by atoms with van der Waals surface area (Å²) in [7, 11) is 0. The predicted molar refractivity (Wildman–Crippen MR) is 190 cm³/mol. The Morgan fingerprint density at radius 3 is 2.47 bits per heavy atom. The molecule has 1 aromatic heterocycles. The highest BCUT2D eigenvalue weighted by Gasteiger charge is 2.35. The molecule has 0 aliphatic carbocycles. The number of thiazole rings is 1. The lowest BCUT2D eigenvalue weighted by molar-refractivity contribution is -0.139. The second-order valence-electron chi connectivity index (χ2n) is 10.4. The molecule has 0 unspecified atom stereocenters. The molecule has 1 aliphatic heterocycles. The molecule has 0 N–H and O–H groups in total. The first kappa shape index (κ1) is 32.9. The second-order valence-corrected chi connectivity index (χ2v) is 13.8. The Morgan fingerprint density at radius 1 is 1.13 bits per heavy atom. The minimum atomic E-state index is -0.768. The summed E-state index contributed by atoms with van der Waals surface area (Å²) in [6, 6.07) is 20.0. The molecule has 0 saturated carbocycles. The highest BCUT2D eigenvalue weighted by Crippen LogP contribution is 2.36. The number of halogens is 2. The van der Waals surface area contributed by atoms with Crippen LogP contribution >= 0.6 is 56.5 Å². The SMILES string of the molecule is CCOC(=O)C1=C(C)N=c2s/c(=C\c3cc(I)c(OCc4ccc(C#N)cc4)c(I)c3)c(=O)n2[C@@H]1c1ccccc1OC(C)C. The molecule has 3 aromatic carbocycles. The van der Waals surface area contributed by atoms with Gasteiger partial charge in [0, 0.05) is 5.56 Å². The number of fused-ring (bicyclic) bond motifs is 1. The third-order valence-corrected chi connectivity index (χ3v) is 9.46. The van der Waals surface area contributed by atoms with E-state index >= 15 is 0 Å². The van der Waals surface area contributed by atoms with Gasteiger partial charge in [-0.1, -0.05) is 41.7 Å². The molecule has 5 rings (SSSR count). The van der Waals surface area contributed by atoms with Crippen LogP contribution in [0.2, 0.25) is 0 Å². The number of nitrogens with zero attached hydrogens (tertiary/aromatic N) is 3. The Morgan fingerprint density at radius 2 is 1.82 bits per heavy atom. The molecule has 0 spiro atoms. The summed E-state index contributed by atoms with van der Waals surface area (Å²) in [4.78, 5) is 32.6. The van der Waals surface area contributed by atoms with E-state index in [1.807, 2.05) is 68.5 Å². The monoisotopic (exact) mass is 845 g/mol. The van der Waals surface area contributed by atoms with E-state index in [2.05, 4.69) is 51.3 Å². The predicted octanol–water partition coefficient (Wildman–Crippen LogP) is 6.25. The van der Waals surface area contributed by atoms with Gasteiger partial charge in [-0.05, 0) is 120 Å². The smallest absolute Gasteiger partial charge is 0.338 e. The summed E-state index contributed by atoms with van der Waals surface area (Å²) < 4.78 is 21.5. The topological polar surface area (TPSA) is 103 Å². The van der Waals surface area contributed by atoms with Crippen LogP contribution in [0.3, 0.4) is 0 Å². The van der Waals surface area contributed by atoms with E-state index < -0.39 is 12.0 Å². The first-order chi connectivity index (χ1) is 21.6. The van der Waals surface area contributed by atoms with Gasteiger partial charge in [0.15, 0.2) is 4.80 Å². The van der Waals surface area contributed by atoms with Crippen molar-refractivity contribution in [1.29, 1.82) is 5.26 Å². The second kappa shape index (κ2) is 14.3. The van der Waals surface area contributed by atoms with E-state index in [4.69, 9.17) is 24.5 Å². The molecule has 11 heteroatoms. The van der Waals surface area contributed by atoms with Crippen molar-refractivity contribution in [3.8, 4) is 17.6 Å². The highest BCUT2D eigenvalue weighted by atomic mass is 127. The van der Waals surface area contributed by atoms with Crippen LogP contribution in [0.5, 0.6) is 11.5 Å². The minimum absolute atomic E-state index is 0.112. The van der Waals surface area contributed by atoms with Gasteiger partial charge in [-0.25, -0.2) is 9.79 Å². The van der Waals surface area contributed by atoms with E-state index in [9.17, 15) is 9.59 Å². The molecule has 0 radical (unpaired) electrons. The number of benzene rings is 3. The van der Waals surface area contributed by atoms with Gasteiger partial charge in [0.1, 0.15) is 24.1 Å². The molecule has 0 saturated heterocycles. The van der Waals surface area contributed by atoms with Crippen molar-refractivity contribution in [1.82, 2.24) is 4.57 Å². The summed E-state index contributed by atoms with van der Waals surface area (Å²) in [6.45, 7) is 7.94. The number of rotatable bonds is 9. The fourth-order valence-corrected chi connectivity index (χ4v) is 8.11. The fourth-order valence-electron chi connectivity index (χ4n) is 4.94. The Balaban J connectivity index is 1.56. The zero-order valence-corrected chi connectivity index (χ0v) is 30.1. The molecule has 1 aliphatic rings. The highest BCUT2D eigenvalue weighted by molar-refractivity contribution is 14.1. The third kappa shape index (κ3) is 7.18. The van der Waals surface area contributed by atoms with Gasteiger partial charge in [0.25, 0.3) is 5.56 Å². The van der Waals surface area contributed by atoms with Gasteiger partial charge in [-0.3, -0.25) is 9.36 Å². The quantitative estimate of drug-likeness (QED) is 0.146. The van der Waals surface area contributed by atoms with Crippen LogP contribution in [0, 0.1) is 18.5 Å². The van der Waals surface area contributed by atoms with Crippen molar-refractivity contribution in [3.05, 3.63) is 121 Å². The average molecular weight is 845 g/mol. The van der Waals surface area contributed by atoms with Gasteiger partial charge in [-0.2, -0.15) is 5.26 Å². The van der Waals surface area contributed by atoms with Crippen molar-refractivity contribution >= 4 is 68.6 Å². The van der Waals surface area contributed by atoms with Crippen LogP contribution in [-0.2, 0) is 16.1 Å². The van der Waals surface area contributed by atoms with Crippen LogP contribution in [0.15, 0.2) is 81.7 Å². The lowest BCUT2D eigenvalue weighted by atomic mass is 9.95. The van der Waals surface area contributed by atoms with Crippen LogP contribution in [0.1, 0.15) is 56.0 Å². The van der Waals surface area contributed by atoms with E-state index in [0.29, 0.717) is 44.1 Å². The number of ether oxygens (including phenoxy) is 3. The maximum atomic E-state index is 14.1. The van der Waals surface area contributed by atoms with Crippen molar-refractivity contribution in [2.24, 2.45) is 4.99 Å². The van der Waals surface area contributed by atoms with Crippen molar-refractivity contribution < 1.29 is 19.0 Å². The van der Waals surface area contributed by atoms with Gasteiger partial charge in [0.05, 0.1) is 47.3 Å². The van der Waals surface area contributed by atoms with Gasteiger partial charge in [0.2, 0.25) is 0 Å². The molecule has 0 amide bonds. The average Bonchev–Trinajstić information content (AvgIpc) is 3.30. The number of allylic oxidation sites excluding steroid dienone is 1. The molecule has 0 bridgehead atoms. The first-order valence-corrected chi connectivity index (χ1v) is 17.1. The molecule has 2 heterocycles. The molecule has 8 nitrogen and oxygen atoms in total. The van der Waals surface area contributed by atoms with Crippen LogP contribution in [0.4, 0.5) is 0 Å². The molecule has 45 heavy (non-hydrogen) atoms. The molecule has 1 atom stereocenters. The van der Waals surface area contributed by atoms with E-state index in [1.54, 1.807) is 30.5 Å². The van der Waals surface area contributed by atoms with Gasteiger partial charge < -0.3 is 14.2 Å². The number of para-hydroxylation sites is 1. The van der Waals surface area contributed by atoms with Crippen molar-refractivity contribution in [2.45, 2.75) is 46.4 Å². The number of hydrogen-bond donors (Lipinski definition) is 0. The largest absolute Gasteiger partial charge is 0.491 e. The summed E-state index contributed by atoms with van der Waals surface area (Å²) in [5.74, 6) is 0.818. The maximum Gasteiger partial charge on any atom is 0.338 e. The number of esters is 1. The molecule has 0 fully saturated rings. The van der Waals surface area contributed by atoms with Crippen LogP contribution in [0.25, 0.3) is 6.08 Å². The Hall–Kier alpha value is -3.48. The molecule has 4 aromatic rings. The van der Waals surface area contributed by atoms with Crippen molar-refractivity contribution in [2.75, 3.05) is 6.61 Å². The third-order valence-electron chi connectivity index (χ3n) is 6.88. The Labute approximate surface area is 292 Å². The number of nitriles is 1. The molecular weight excluding hydrogens is 816 g/mol. The summed E-state index contributed by atoms with van der Waals surface area (Å²) in [6.07, 6.45) is 1.73. The lowest BCUT2D eigenvalue weighted by Crippen LogP contribution is -2.40.